The van der Waals surface area contributed by atoms with Gasteiger partial charge in [-0.3, -0.25) is 0 Å². The number of hydrogen-bond donors (Lipinski definition) is 3. The fraction of sp³-hybridized carbons (Fsp3) is 0.647. The van der Waals surface area contributed by atoms with Crippen LogP contribution in [0, 0.1) is 0 Å². The second-order valence-electron chi connectivity index (χ2n) is 6.60. The summed E-state index contributed by atoms with van der Waals surface area (Å²) in [6, 6.07) is 11.7. The van der Waals surface area contributed by atoms with Gasteiger partial charge < -0.3 is 14.9 Å². The van der Waals surface area contributed by atoms with E-state index in [1.165, 1.54) is 51.0 Å². The van der Waals surface area contributed by atoms with E-state index in [1.54, 1.807) is 9.80 Å². The van der Waals surface area contributed by atoms with E-state index >= 15 is 0 Å². The molecular weight excluding hydrogens is 248 g/mol. The number of aliphatic hydroxyl groups is 1. The van der Waals surface area contributed by atoms with Crippen molar-refractivity contribution in [3.63, 3.8) is 0 Å². The fourth-order valence-electron chi connectivity index (χ4n) is 3.94. The largest absolute Gasteiger partial charge is 0.387 e. The molecule has 1 aromatic carbocycles. The van der Waals surface area contributed by atoms with Crippen molar-refractivity contribution in [2.24, 2.45) is 0 Å². The van der Waals surface area contributed by atoms with Gasteiger partial charge in [-0.1, -0.05) is 30.3 Å². The van der Waals surface area contributed by atoms with Crippen LogP contribution in [0.4, 0.5) is 0 Å². The standard InChI is InChI=1S/C17H26N2O/c20-17-7-4-10-19(14-17)16-8-11-18(12-9-16)13-15-5-2-1-3-6-15/h1-3,5-6,16-17,20H,4,7-14H2/p+2/t17-/m1/s1. The van der Waals surface area contributed by atoms with Gasteiger partial charge in [0, 0.05) is 18.4 Å². The maximum atomic E-state index is 9.83. The Morgan fingerprint density at radius 1 is 1.00 bits per heavy atom. The maximum absolute atomic E-state index is 9.83. The summed E-state index contributed by atoms with van der Waals surface area (Å²) in [6.45, 7) is 6.01. The zero-order valence-electron chi connectivity index (χ0n) is 12.4. The molecule has 0 aromatic heterocycles. The molecule has 3 nitrogen and oxygen atoms in total. The van der Waals surface area contributed by atoms with Crippen LogP contribution in [-0.4, -0.2) is 43.4 Å². The molecule has 0 amide bonds. The monoisotopic (exact) mass is 276 g/mol. The molecule has 0 aliphatic carbocycles. The highest BCUT2D eigenvalue weighted by Gasteiger charge is 2.32. The summed E-state index contributed by atoms with van der Waals surface area (Å²) in [7, 11) is 0. The van der Waals surface area contributed by atoms with Gasteiger partial charge in [-0.05, 0) is 12.8 Å². The minimum absolute atomic E-state index is 0.0477. The molecule has 2 heterocycles. The van der Waals surface area contributed by atoms with Gasteiger partial charge in [0.05, 0.1) is 25.7 Å². The van der Waals surface area contributed by atoms with E-state index in [2.05, 4.69) is 30.3 Å². The molecule has 3 rings (SSSR count). The number of likely N-dealkylation sites (tertiary alicyclic amines) is 2. The third kappa shape index (κ3) is 3.60. The first kappa shape index (κ1) is 14.1. The van der Waals surface area contributed by atoms with Crippen LogP contribution in [0.25, 0.3) is 0 Å². The second kappa shape index (κ2) is 6.70. The zero-order chi connectivity index (χ0) is 13.8. The molecule has 2 aliphatic heterocycles. The Kier molecular flexibility index (Phi) is 4.71. The summed E-state index contributed by atoms with van der Waals surface area (Å²) in [5.41, 5.74) is 1.46. The topological polar surface area (TPSA) is 29.1 Å². The molecule has 20 heavy (non-hydrogen) atoms. The van der Waals surface area contributed by atoms with Crippen molar-refractivity contribution in [3.05, 3.63) is 35.9 Å². The first-order valence-corrected chi connectivity index (χ1v) is 8.21. The van der Waals surface area contributed by atoms with Crippen LogP contribution in [0.5, 0.6) is 0 Å². The van der Waals surface area contributed by atoms with E-state index in [0.717, 1.165) is 19.0 Å². The lowest BCUT2D eigenvalue weighted by molar-refractivity contribution is -0.967. The molecule has 2 aliphatic rings. The first-order chi connectivity index (χ1) is 9.81. The van der Waals surface area contributed by atoms with Crippen LogP contribution in [0.1, 0.15) is 31.2 Å². The lowest BCUT2D eigenvalue weighted by Crippen LogP contribution is -3.21. The highest BCUT2D eigenvalue weighted by atomic mass is 16.3. The number of quaternary nitrogens is 2. The fourth-order valence-corrected chi connectivity index (χ4v) is 3.94. The van der Waals surface area contributed by atoms with Gasteiger partial charge in [-0.15, -0.1) is 0 Å². The Balaban J connectivity index is 1.47. The average molecular weight is 276 g/mol. The van der Waals surface area contributed by atoms with Gasteiger partial charge in [0.15, 0.2) is 0 Å². The summed E-state index contributed by atoms with van der Waals surface area (Å²) in [5, 5.41) is 9.83. The molecule has 2 saturated heterocycles. The molecule has 3 N–H and O–H groups in total. The average Bonchev–Trinajstić information content (AvgIpc) is 2.49. The van der Waals surface area contributed by atoms with E-state index in [4.69, 9.17) is 0 Å². The molecule has 3 heteroatoms. The molecule has 0 saturated carbocycles. The molecule has 110 valence electrons. The van der Waals surface area contributed by atoms with E-state index in [-0.39, 0.29) is 6.10 Å². The van der Waals surface area contributed by atoms with Crippen molar-refractivity contribution < 1.29 is 14.9 Å². The number of rotatable bonds is 3. The third-order valence-electron chi connectivity index (χ3n) is 5.10. The van der Waals surface area contributed by atoms with E-state index in [1.807, 2.05) is 0 Å². The number of piperidine rings is 2. The van der Waals surface area contributed by atoms with Gasteiger partial charge in [0.2, 0.25) is 0 Å². The Bertz CT molecular complexity index is 401. The normalized spacial score (nSPS) is 34.9. The van der Waals surface area contributed by atoms with Gasteiger partial charge in [0.1, 0.15) is 19.2 Å². The highest BCUT2D eigenvalue weighted by Crippen LogP contribution is 2.03. The van der Waals surface area contributed by atoms with Crippen molar-refractivity contribution >= 4 is 0 Å². The van der Waals surface area contributed by atoms with Gasteiger partial charge >= 0.3 is 0 Å². The summed E-state index contributed by atoms with van der Waals surface area (Å²) < 4.78 is 0. The Labute approximate surface area is 122 Å². The first-order valence-electron chi connectivity index (χ1n) is 8.21. The number of aliphatic hydroxyl groups excluding tert-OH is 1. The van der Waals surface area contributed by atoms with E-state index < -0.39 is 0 Å². The Morgan fingerprint density at radius 2 is 1.75 bits per heavy atom. The molecule has 2 atom stereocenters. The third-order valence-corrected chi connectivity index (χ3v) is 5.10. The van der Waals surface area contributed by atoms with E-state index in [9.17, 15) is 5.11 Å². The molecule has 0 bridgehead atoms. The lowest BCUT2D eigenvalue weighted by atomic mass is 9.98. The predicted molar refractivity (Wildman–Crippen MR) is 79.8 cm³/mol. The molecular formula is C17H28N2O+2. The molecule has 0 radical (unpaired) electrons. The van der Waals surface area contributed by atoms with E-state index in [0.29, 0.717) is 0 Å². The van der Waals surface area contributed by atoms with Gasteiger partial charge in [-0.25, -0.2) is 0 Å². The summed E-state index contributed by atoms with van der Waals surface area (Å²) in [4.78, 5) is 3.40. The Hall–Kier alpha value is -0.900. The number of benzene rings is 1. The van der Waals surface area contributed by atoms with Crippen LogP contribution in [-0.2, 0) is 6.54 Å². The lowest BCUT2D eigenvalue weighted by Gasteiger charge is -2.37. The summed E-state index contributed by atoms with van der Waals surface area (Å²) in [6.07, 6.45) is 4.82. The number of hydrogen-bond acceptors (Lipinski definition) is 1. The molecule has 2 fully saturated rings. The summed E-state index contributed by atoms with van der Waals surface area (Å²) in [5.74, 6) is 0. The van der Waals surface area contributed by atoms with Crippen molar-refractivity contribution in [2.75, 3.05) is 26.2 Å². The summed E-state index contributed by atoms with van der Waals surface area (Å²) >= 11 is 0. The van der Waals surface area contributed by atoms with Crippen LogP contribution in [0.15, 0.2) is 30.3 Å². The van der Waals surface area contributed by atoms with Gasteiger partial charge in [-0.2, -0.15) is 0 Å². The van der Waals surface area contributed by atoms with Crippen molar-refractivity contribution in [3.8, 4) is 0 Å². The second-order valence-corrected chi connectivity index (χ2v) is 6.60. The van der Waals surface area contributed by atoms with Gasteiger partial charge in [0.25, 0.3) is 0 Å². The SMILES string of the molecule is O[C@@H]1CCC[NH+](C2CC[NH+](Cc3ccccc3)CC2)C1. The maximum Gasteiger partial charge on any atom is 0.104 e. The smallest absolute Gasteiger partial charge is 0.104 e. The molecule has 1 aromatic rings. The van der Waals surface area contributed by atoms with Crippen molar-refractivity contribution in [2.45, 2.75) is 44.4 Å². The minimum atomic E-state index is -0.0477. The molecule has 1 unspecified atom stereocenters. The van der Waals surface area contributed by atoms with Crippen molar-refractivity contribution in [1.29, 1.82) is 0 Å². The quantitative estimate of drug-likeness (QED) is 0.668. The molecule has 0 spiro atoms. The number of nitrogens with one attached hydrogen (secondary N) is 2. The predicted octanol–water partition coefficient (Wildman–Crippen LogP) is -0.726. The highest BCUT2D eigenvalue weighted by molar-refractivity contribution is 5.13. The van der Waals surface area contributed by atoms with Crippen molar-refractivity contribution in [1.82, 2.24) is 0 Å². The zero-order valence-corrected chi connectivity index (χ0v) is 12.4. The minimum Gasteiger partial charge on any atom is -0.387 e. The van der Waals surface area contributed by atoms with Crippen LogP contribution < -0.4 is 9.80 Å². The van der Waals surface area contributed by atoms with Crippen LogP contribution >= 0.6 is 0 Å². The Morgan fingerprint density at radius 3 is 2.45 bits per heavy atom. The van der Waals surface area contributed by atoms with Crippen LogP contribution in [0.2, 0.25) is 0 Å². The van der Waals surface area contributed by atoms with Crippen LogP contribution in [0.3, 0.4) is 0 Å².